The highest BCUT2D eigenvalue weighted by atomic mass is 16.4. The van der Waals surface area contributed by atoms with Gasteiger partial charge in [0.1, 0.15) is 5.78 Å². The molecule has 4 nitrogen and oxygen atoms in total. The molecule has 4 rings (SSSR count). The molecule has 4 aliphatic carbocycles. The van der Waals surface area contributed by atoms with Gasteiger partial charge in [-0.25, -0.2) is 0 Å². The van der Waals surface area contributed by atoms with Gasteiger partial charge in [-0.2, -0.15) is 0 Å². The molecule has 0 heterocycles. The number of hydrogen-bond donors (Lipinski definition) is 2. The standard InChI is InChI=1S/C23H36O4/c1-13(10-20(26)27)16-4-5-17-21-18(7-9-23(16,17)3)22(2)8-6-15(24)11-14(22)12-19(21)25/h13-18,21,24H,4-12H2,1-3H3,(H,26,27)/t13?,14?,15-,16-,17?,18?,21?,22+,23-/m1/s1. The van der Waals surface area contributed by atoms with Crippen LogP contribution in [-0.2, 0) is 9.59 Å². The van der Waals surface area contributed by atoms with Gasteiger partial charge >= 0.3 is 5.97 Å². The maximum Gasteiger partial charge on any atom is 0.303 e. The second-order valence-corrected chi connectivity index (χ2v) is 10.8. The Hall–Kier alpha value is -0.900. The summed E-state index contributed by atoms with van der Waals surface area (Å²) >= 11 is 0. The maximum atomic E-state index is 13.3. The second kappa shape index (κ2) is 6.57. The zero-order chi connectivity index (χ0) is 19.6. The van der Waals surface area contributed by atoms with E-state index < -0.39 is 5.97 Å². The highest BCUT2D eigenvalue weighted by Crippen LogP contribution is 2.67. The number of hydrogen-bond acceptors (Lipinski definition) is 3. The molecule has 2 N–H and O–H groups in total. The van der Waals surface area contributed by atoms with Gasteiger partial charge in [-0.15, -0.1) is 0 Å². The summed E-state index contributed by atoms with van der Waals surface area (Å²) < 4.78 is 0. The van der Waals surface area contributed by atoms with E-state index in [4.69, 9.17) is 0 Å². The van der Waals surface area contributed by atoms with Crippen molar-refractivity contribution in [1.29, 1.82) is 0 Å². The van der Waals surface area contributed by atoms with Crippen LogP contribution in [-0.4, -0.2) is 28.1 Å². The number of ketones is 1. The van der Waals surface area contributed by atoms with Crippen LogP contribution < -0.4 is 0 Å². The molecule has 4 aliphatic rings. The number of carboxylic acid groups (broad SMARTS) is 1. The summed E-state index contributed by atoms with van der Waals surface area (Å²) in [6.45, 7) is 6.85. The number of rotatable bonds is 3. The normalized spacial score (nSPS) is 50.4. The SMILES string of the molecule is CC(CC(=O)O)[C@H]1CCC2C3C(=O)CC4C[C@H](O)CC[C@]4(C)C3CC[C@@]21C. The van der Waals surface area contributed by atoms with Crippen molar-refractivity contribution in [2.75, 3.05) is 0 Å². The van der Waals surface area contributed by atoms with Crippen molar-refractivity contribution in [2.24, 2.45) is 46.3 Å². The van der Waals surface area contributed by atoms with E-state index in [0.717, 1.165) is 44.9 Å². The largest absolute Gasteiger partial charge is 0.481 e. The molecule has 0 aromatic heterocycles. The van der Waals surface area contributed by atoms with Gasteiger partial charge in [0.25, 0.3) is 0 Å². The highest BCUT2D eigenvalue weighted by molar-refractivity contribution is 5.83. The summed E-state index contributed by atoms with van der Waals surface area (Å²) in [5.41, 5.74) is 0.312. The molecule has 9 atom stereocenters. The Morgan fingerprint density at radius 1 is 1.11 bits per heavy atom. The first-order chi connectivity index (χ1) is 12.7. The minimum atomic E-state index is -0.701. The fraction of sp³-hybridized carbons (Fsp3) is 0.913. The van der Waals surface area contributed by atoms with E-state index in [1.165, 1.54) is 0 Å². The van der Waals surface area contributed by atoms with Crippen molar-refractivity contribution in [3.63, 3.8) is 0 Å². The Balaban J connectivity index is 1.61. The van der Waals surface area contributed by atoms with Crippen LogP contribution in [0.3, 0.4) is 0 Å². The zero-order valence-corrected chi connectivity index (χ0v) is 17.1. The van der Waals surface area contributed by atoms with Crippen molar-refractivity contribution in [2.45, 2.75) is 84.7 Å². The lowest BCUT2D eigenvalue weighted by molar-refractivity contribution is -0.161. The van der Waals surface area contributed by atoms with Crippen LogP contribution in [0, 0.1) is 46.3 Å². The van der Waals surface area contributed by atoms with Crippen LogP contribution in [0.2, 0.25) is 0 Å². The summed E-state index contributed by atoms with van der Waals surface area (Å²) in [6.07, 6.45) is 7.78. The molecule has 0 aromatic carbocycles. The molecular formula is C23H36O4. The predicted molar refractivity (Wildman–Crippen MR) is 103 cm³/mol. The Morgan fingerprint density at radius 2 is 1.78 bits per heavy atom. The topological polar surface area (TPSA) is 74.6 Å². The monoisotopic (exact) mass is 376 g/mol. The van der Waals surface area contributed by atoms with Crippen LogP contribution in [0.4, 0.5) is 0 Å². The third-order valence-electron chi connectivity index (χ3n) is 9.70. The van der Waals surface area contributed by atoms with Gasteiger partial charge in [0.05, 0.1) is 6.10 Å². The lowest BCUT2D eigenvalue weighted by atomic mass is 9.44. The van der Waals surface area contributed by atoms with Gasteiger partial charge in [0, 0.05) is 18.8 Å². The van der Waals surface area contributed by atoms with Gasteiger partial charge in [-0.3, -0.25) is 9.59 Å². The lowest BCUT2D eigenvalue weighted by Crippen LogP contribution is -2.57. The van der Waals surface area contributed by atoms with Crippen molar-refractivity contribution in [3.8, 4) is 0 Å². The van der Waals surface area contributed by atoms with Gasteiger partial charge in [0.15, 0.2) is 0 Å². The Morgan fingerprint density at radius 3 is 2.48 bits per heavy atom. The summed E-state index contributed by atoms with van der Waals surface area (Å²) in [5, 5.41) is 19.4. The fourth-order valence-electron chi connectivity index (χ4n) is 8.30. The number of aliphatic hydroxyl groups excluding tert-OH is 1. The number of carboxylic acids is 1. The predicted octanol–water partition coefficient (Wildman–Crippen LogP) is 4.30. The van der Waals surface area contributed by atoms with Gasteiger partial charge in [0.2, 0.25) is 0 Å². The van der Waals surface area contributed by atoms with Crippen molar-refractivity contribution in [3.05, 3.63) is 0 Å². The first kappa shape index (κ1) is 19.4. The van der Waals surface area contributed by atoms with Crippen LogP contribution in [0.25, 0.3) is 0 Å². The van der Waals surface area contributed by atoms with Crippen LogP contribution >= 0.6 is 0 Å². The number of carbonyl (C=O) groups is 2. The van der Waals surface area contributed by atoms with E-state index in [1.54, 1.807) is 0 Å². The summed E-state index contributed by atoms with van der Waals surface area (Å²) in [5.74, 6) is 1.75. The molecule has 152 valence electrons. The van der Waals surface area contributed by atoms with E-state index in [9.17, 15) is 19.8 Å². The lowest BCUT2D eigenvalue weighted by Gasteiger charge is -2.60. The number of carbonyl (C=O) groups excluding carboxylic acids is 1. The summed E-state index contributed by atoms with van der Waals surface area (Å²) in [6, 6.07) is 0. The Bertz CT molecular complexity index is 630. The molecule has 4 fully saturated rings. The number of fused-ring (bicyclic) bond motifs is 5. The van der Waals surface area contributed by atoms with E-state index >= 15 is 0 Å². The molecular weight excluding hydrogens is 340 g/mol. The van der Waals surface area contributed by atoms with Crippen molar-refractivity contribution < 1.29 is 19.8 Å². The van der Waals surface area contributed by atoms with Crippen molar-refractivity contribution >= 4 is 11.8 Å². The molecule has 0 aromatic rings. The molecule has 0 radical (unpaired) electrons. The fourth-order valence-corrected chi connectivity index (χ4v) is 8.30. The third kappa shape index (κ3) is 2.89. The average Bonchev–Trinajstić information content (AvgIpc) is 2.93. The minimum absolute atomic E-state index is 0.114. The van der Waals surface area contributed by atoms with Gasteiger partial charge in [-0.1, -0.05) is 20.8 Å². The molecule has 27 heavy (non-hydrogen) atoms. The highest BCUT2D eigenvalue weighted by Gasteiger charge is 2.63. The maximum absolute atomic E-state index is 13.3. The first-order valence-corrected chi connectivity index (χ1v) is 11.1. The van der Waals surface area contributed by atoms with E-state index in [-0.39, 0.29) is 35.2 Å². The zero-order valence-electron chi connectivity index (χ0n) is 17.1. The number of Topliss-reactive ketones (excluding diaryl/α,β-unsaturated/α-hetero) is 1. The van der Waals surface area contributed by atoms with E-state index in [2.05, 4.69) is 20.8 Å². The molecule has 0 aliphatic heterocycles. The molecule has 0 amide bonds. The molecule has 4 saturated carbocycles. The molecule has 0 bridgehead atoms. The minimum Gasteiger partial charge on any atom is -0.481 e. The van der Waals surface area contributed by atoms with Crippen LogP contribution in [0.5, 0.6) is 0 Å². The molecule has 5 unspecified atom stereocenters. The van der Waals surface area contributed by atoms with Crippen molar-refractivity contribution in [1.82, 2.24) is 0 Å². The van der Waals surface area contributed by atoms with E-state index in [1.807, 2.05) is 0 Å². The third-order valence-corrected chi connectivity index (χ3v) is 9.70. The second-order valence-electron chi connectivity index (χ2n) is 10.8. The van der Waals surface area contributed by atoms with Gasteiger partial charge < -0.3 is 10.2 Å². The van der Waals surface area contributed by atoms with Crippen LogP contribution in [0.1, 0.15) is 78.6 Å². The number of aliphatic hydroxyl groups is 1. The Kier molecular flexibility index (Phi) is 4.73. The van der Waals surface area contributed by atoms with Crippen LogP contribution in [0.15, 0.2) is 0 Å². The summed E-state index contributed by atoms with van der Waals surface area (Å²) in [4.78, 5) is 24.6. The Labute approximate surface area is 163 Å². The quantitative estimate of drug-likeness (QED) is 0.770. The first-order valence-electron chi connectivity index (χ1n) is 11.1. The van der Waals surface area contributed by atoms with Gasteiger partial charge in [-0.05, 0) is 85.4 Å². The summed E-state index contributed by atoms with van der Waals surface area (Å²) in [7, 11) is 0. The molecule has 0 spiro atoms. The molecule has 4 heteroatoms. The van der Waals surface area contributed by atoms with E-state index in [0.29, 0.717) is 35.9 Å². The smallest absolute Gasteiger partial charge is 0.303 e. The number of aliphatic carboxylic acids is 1. The molecule has 0 saturated heterocycles. The average molecular weight is 377 g/mol.